The van der Waals surface area contributed by atoms with Crippen LogP contribution in [0, 0.1) is 13.8 Å². The van der Waals surface area contributed by atoms with Crippen LogP contribution in [0.4, 0.5) is 5.13 Å². The molecule has 2 aromatic carbocycles. The minimum Gasteiger partial charge on any atom is -0.490 e. The van der Waals surface area contributed by atoms with Crippen molar-refractivity contribution in [2.45, 2.75) is 27.2 Å². The maximum Gasteiger partial charge on any atom is 0.203 e. The van der Waals surface area contributed by atoms with Crippen molar-refractivity contribution >= 4 is 45.9 Å². The largest absolute Gasteiger partial charge is 0.490 e. The number of nitrogens with zero attached hydrogens (tertiary/aromatic N) is 2. The summed E-state index contributed by atoms with van der Waals surface area (Å²) in [6, 6.07) is 9.88. The Morgan fingerprint density at radius 1 is 1.18 bits per heavy atom. The summed E-state index contributed by atoms with van der Waals surface area (Å²) in [5.41, 5.74) is 8.24. The second kappa shape index (κ2) is 9.41. The third-order valence-corrected chi connectivity index (χ3v) is 5.32. The number of ether oxygens (including phenoxy) is 1. The number of aromatic nitrogens is 1. The molecule has 4 nitrogen and oxygen atoms in total. The zero-order valence-electron chi connectivity index (χ0n) is 15.9. The van der Waals surface area contributed by atoms with Crippen LogP contribution in [-0.2, 0) is 0 Å². The first-order valence-corrected chi connectivity index (χ1v) is 10.6. The van der Waals surface area contributed by atoms with Crippen LogP contribution in [0.3, 0.4) is 0 Å². The minimum absolute atomic E-state index is 0.466. The highest BCUT2D eigenvalue weighted by molar-refractivity contribution is 7.14. The molecule has 0 aliphatic heterocycles. The molecule has 0 bridgehead atoms. The lowest BCUT2D eigenvalue weighted by molar-refractivity contribution is 0.318. The van der Waals surface area contributed by atoms with Gasteiger partial charge >= 0.3 is 0 Å². The molecule has 0 unspecified atom stereocenters. The van der Waals surface area contributed by atoms with Crippen LogP contribution in [0.1, 0.15) is 30.0 Å². The third kappa shape index (κ3) is 5.04. The van der Waals surface area contributed by atoms with Crippen LogP contribution in [-0.4, -0.2) is 17.8 Å². The molecule has 0 aliphatic carbocycles. The number of nitrogens with one attached hydrogen (secondary N) is 1. The summed E-state index contributed by atoms with van der Waals surface area (Å²) in [6.45, 7) is 6.77. The number of hydrogen-bond donors (Lipinski definition) is 1. The molecule has 28 heavy (non-hydrogen) atoms. The highest BCUT2D eigenvalue weighted by Gasteiger charge is 2.09. The van der Waals surface area contributed by atoms with Crippen molar-refractivity contribution < 1.29 is 4.74 Å². The molecule has 0 saturated heterocycles. The Morgan fingerprint density at radius 2 is 1.93 bits per heavy atom. The fourth-order valence-electron chi connectivity index (χ4n) is 2.71. The second-order valence-corrected chi connectivity index (χ2v) is 8.06. The van der Waals surface area contributed by atoms with Crippen molar-refractivity contribution in [2.24, 2.45) is 5.10 Å². The zero-order valence-corrected chi connectivity index (χ0v) is 18.3. The highest BCUT2D eigenvalue weighted by Crippen LogP contribution is 2.34. The standard InChI is InChI=1S/C21H21Cl2N3OS/c1-4-7-27-20-17(22)9-15(10-18(20)23)11-24-26-21-25-19(12-28-21)16-6-5-13(2)8-14(16)3/h5-6,8-12H,4,7H2,1-3H3,(H,25,26)/b24-11-. The van der Waals surface area contributed by atoms with E-state index in [9.17, 15) is 0 Å². The lowest BCUT2D eigenvalue weighted by atomic mass is 10.0. The van der Waals surface area contributed by atoms with Crippen molar-refractivity contribution in [3.8, 4) is 17.0 Å². The molecule has 0 aliphatic rings. The summed E-state index contributed by atoms with van der Waals surface area (Å²) in [5.74, 6) is 0.508. The average molecular weight is 434 g/mol. The fourth-order valence-corrected chi connectivity index (χ4v) is 3.98. The zero-order chi connectivity index (χ0) is 20.1. The van der Waals surface area contributed by atoms with Gasteiger partial charge in [0.2, 0.25) is 5.13 Å². The molecule has 0 radical (unpaired) electrons. The molecule has 1 heterocycles. The van der Waals surface area contributed by atoms with Gasteiger partial charge in [-0.25, -0.2) is 4.98 Å². The Hall–Kier alpha value is -2.08. The summed E-state index contributed by atoms with van der Waals surface area (Å²) in [4.78, 5) is 4.61. The monoisotopic (exact) mass is 433 g/mol. The van der Waals surface area contributed by atoms with Crippen LogP contribution >= 0.6 is 34.5 Å². The van der Waals surface area contributed by atoms with E-state index in [2.05, 4.69) is 47.6 Å². The molecule has 146 valence electrons. The van der Waals surface area contributed by atoms with E-state index in [-0.39, 0.29) is 0 Å². The lowest BCUT2D eigenvalue weighted by Gasteiger charge is -2.09. The first-order valence-electron chi connectivity index (χ1n) is 8.92. The first-order chi connectivity index (χ1) is 13.5. The normalized spacial score (nSPS) is 11.2. The van der Waals surface area contributed by atoms with E-state index in [4.69, 9.17) is 27.9 Å². The van der Waals surface area contributed by atoms with Crippen LogP contribution in [0.2, 0.25) is 10.0 Å². The van der Waals surface area contributed by atoms with Gasteiger partial charge in [-0.2, -0.15) is 5.10 Å². The Bertz CT molecular complexity index is 978. The minimum atomic E-state index is 0.466. The van der Waals surface area contributed by atoms with Crippen molar-refractivity contribution in [3.05, 3.63) is 62.4 Å². The van der Waals surface area contributed by atoms with Gasteiger partial charge in [0.1, 0.15) is 0 Å². The average Bonchev–Trinajstić information content (AvgIpc) is 3.09. The van der Waals surface area contributed by atoms with E-state index in [1.165, 1.54) is 22.5 Å². The van der Waals surface area contributed by atoms with Gasteiger partial charge < -0.3 is 4.74 Å². The summed E-state index contributed by atoms with van der Waals surface area (Å²) in [6.07, 6.45) is 2.54. The van der Waals surface area contributed by atoms with E-state index in [0.29, 0.717) is 27.5 Å². The summed E-state index contributed by atoms with van der Waals surface area (Å²) in [7, 11) is 0. The quantitative estimate of drug-likeness (QED) is 0.323. The van der Waals surface area contributed by atoms with Gasteiger partial charge in [-0.1, -0.05) is 53.9 Å². The van der Waals surface area contributed by atoms with Gasteiger partial charge in [0.05, 0.1) is 28.6 Å². The fraction of sp³-hybridized carbons (Fsp3) is 0.238. The topological polar surface area (TPSA) is 46.5 Å². The number of aryl methyl sites for hydroxylation is 2. The maximum atomic E-state index is 6.26. The number of hydrogen-bond acceptors (Lipinski definition) is 5. The predicted molar refractivity (Wildman–Crippen MR) is 120 cm³/mol. The van der Waals surface area contributed by atoms with Gasteiger partial charge in [0.15, 0.2) is 5.75 Å². The maximum absolute atomic E-state index is 6.26. The predicted octanol–water partition coefficient (Wildman–Crippen LogP) is 6.97. The summed E-state index contributed by atoms with van der Waals surface area (Å²) in [5, 5.41) is 7.91. The molecule has 3 aromatic rings. The van der Waals surface area contributed by atoms with Gasteiger partial charge in [0.25, 0.3) is 0 Å². The third-order valence-electron chi connectivity index (χ3n) is 4.01. The molecule has 0 fully saturated rings. The molecule has 1 N–H and O–H groups in total. The van der Waals surface area contributed by atoms with E-state index in [1.807, 2.05) is 12.3 Å². The molecule has 1 aromatic heterocycles. The van der Waals surface area contributed by atoms with Gasteiger partial charge in [0, 0.05) is 10.9 Å². The number of anilines is 1. The van der Waals surface area contributed by atoms with Crippen LogP contribution in [0.25, 0.3) is 11.3 Å². The number of benzene rings is 2. The Balaban J connectivity index is 1.69. The number of hydrazone groups is 1. The summed E-state index contributed by atoms with van der Waals surface area (Å²) >= 11 is 14.0. The number of thiazole rings is 1. The van der Waals surface area contributed by atoms with Gasteiger partial charge in [-0.05, 0) is 43.5 Å². The number of rotatable bonds is 7. The van der Waals surface area contributed by atoms with Crippen LogP contribution in [0.15, 0.2) is 40.8 Å². The molecule has 0 spiro atoms. The Morgan fingerprint density at radius 3 is 2.61 bits per heavy atom. The molecular weight excluding hydrogens is 413 g/mol. The van der Waals surface area contributed by atoms with Crippen LogP contribution < -0.4 is 10.2 Å². The van der Waals surface area contributed by atoms with Crippen molar-refractivity contribution in [1.82, 2.24) is 4.98 Å². The van der Waals surface area contributed by atoms with E-state index < -0.39 is 0 Å². The van der Waals surface area contributed by atoms with Gasteiger partial charge in [-0.15, -0.1) is 11.3 Å². The molecular formula is C21H21Cl2N3OS. The SMILES string of the molecule is CCCOc1c(Cl)cc(/C=N\Nc2nc(-c3ccc(C)cc3C)cs2)cc1Cl. The smallest absolute Gasteiger partial charge is 0.203 e. The molecule has 3 rings (SSSR count). The molecule has 7 heteroatoms. The molecule has 0 saturated carbocycles. The van der Waals surface area contributed by atoms with Crippen molar-refractivity contribution in [1.29, 1.82) is 0 Å². The highest BCUT2D eigenvalue weighted by atomic mass is 35.5. The Labute approximate surface area is 179 Å². The van der Waals surface area contributed by atoms with Crippen molar-refractivity contribution in [3.63, 3.8) is 0 Å². The molecule has 0 amide bonds. The summed E-state index contributed by atoms with van der Waals surface area (Å²) < 4.78 is 5.57. The van der Waals surface area contributed by atoms with Gasteiger partial charge in [-0.3, -0.25) is 5.43 Å². The van der Waals surface area contributed by atoms with E-state index in [0.717, 1.165) is 23.2 Å². The lowest BCUT2D eigenvalue weighted by Crippen LogP contribution is -1.97. The van der Waals surface area contributed by atoms with E-state index in [1.54, 1.807) is 18.3 Å². The van der Waals surface area contributed by atoms with E-state index >= 15 is 0 Å². The van der Waals surface area contributed by atoms with Crippen LogP contribution in [0.5, 0.6) is 5.75 Å². The van der Waals surface area contributed by atoms with Crippen molar-refractivity contribution in [2.75, 3.05) is 12.0 Å². The molecule has 0 atom stereocenters. The Kier molecular flexibility index (Phi) is 6.94. The second-order valence-electron chi connectivity index (χ2n) is 6.39. The number of halogens is 2. The first kappa shape index (κ1) is 20.6.